The fraction of sp³-hybridized carbons (Fsp3) is 0.0870. The number of ether oxygens (including phenoxy) is 1. The Labute approximate surface area is 219 Å². The van der Waals surface area contributed by atoms with Gasteiger partial charge in [-0.05, 0) is 25.1 Å². The lowest BCUT2D eigenvalue weighted by atomic mass is 10.0. The van der Waals surface area contributed by atoms with E-state index < -0.39 is 23.0 Å². The minimum Gasteiger partial charge on any atom is -0.506 e. The molecule has 38 heavy (non-hydrogen) atoms. The number of ketones is 1. The molecule has 0 atom stereocenters. The number of aromatic hydroxyl groups is 1. The number of benzene rings is 1. The van der Waals surface area contributed by atoms with Gasteiger partial charge in [0.1, 0.15) is 32.5 Å². The molecule has 0 unspecified atom stereocenters. The number of nitrogens with one attached hydrogen (secondary N) is 2. The average Bonchev–Trinajstić information content (AvgIpc) is 3.40. The van der Waals surface area contributed by atoms with E-state index in [0.29, 0.717) is 9.40 Å². The number of nitrogens with zero attached hydrogens (tertiary/aromatic N) is 3. The van der Waals surface area contributed by atoms with E-state index in [9.17, 15) is 24.3 Å². The van der Waals surface area contributed by atoms with Gasteiger partial charge in [0, 0.05) is 17.1 Å². The van der Waals surface area contributed by atoms with E-state index in [1.165, 1.54) is 18.3 Å². The predicted molar refractivity (Wildman–Crippen MR) is 143 cm³/mol. The lowest BCUT2D eigenvalue weighted by Crippen LogP contribution is -2.23. The van der Waals surface area contributed by atoms with Crippen LogP contribution in [0.5, 0.6) is 5.75 Å². The maximum Gasteiger partial charge on any atom is 0.350 e. The minimum atomic E-state index is -0.888. The number of phenolic OH excluding ortho intramolecular Hbond substituents is 1. The lowest BCUT2D eigenvalue weighted by molar-refractivity contribution is 0.0533. The van der Waals surface area contributed by atoms with Crippen molar-refractivity contribution in [2.75, 3.05) is 18.1 Å². The molecule has 0 amide bonds. The largest absolute Gasteiger partial charge is 0.506 e. The number of nitrogens with two attached hydrogens (primary N) is 2. The zero-order valence-corrected chi connectivity index (χ0v) is 21.0. The molecule has 0 aliphatic heterocycles. The SMILES string of the molecule is CCOC(=O)c1sc2sc(C(=O)c3ccc(O)c4ncccc34)c(N)c2c1N=Nc1c(N)[nH]c(=O)[nH]c1=O. The summed E-state index contributed by atoms with van der Waals surface area (Å²) in [7, 11) is 0. The molecule has 0 saturated heterocycles. The van der Waals surface area contributed by atoms with Gasteiger partial charge in [0.25, 0.3) is 5.56 Å². The van der Waals surface area contributed by atoms with Gasteiger partial charge >= 0.3 is 11.7 Å². The molecule has 5 aromatic rings. The number of nitrogen functional groups attached to an aromatic ring is 2. The zero-order chi connectivity index (χ0) is 27.1. The molecule has 0 aliphatic rings. The fourth-order valence-electron chi connectivity index (χ4n) is 3.75. The maximum atomic E-state index is 13.6. The first-order chi connectivity index (χ1) is 18.2. The molecule has 7 N–H and O–H groups in total. The molecular formula is C23H17N7O6S2. The van der Waals surface area contributed by atoms with Gasteiger partial charge in [0.15, 0.2) is 5.69 Å². The Morgan fingerprint density at radius 2 is 1.82 bits per heavy atom. The van der Waals surface area contributed by atoms with Crippen molar-refractivity contribution < 1.29 is 19.4 Å². The molecule has 15 heteroatoms. The third-order valence-electron chi connectivity index (χ3n) is 5.41. The van der Waals surface area contributed by atoms with Crippen LogP contribution in [0.25, 0.3) is 20.3 Å². The molecular weight excluding hydrogens is 534 g/mol. The number of H-pyrrole nitrogens is 2. The molecule has 4 aromatic heterocycles. The molecule has 4 heterocycles. The quantitative estimate of drug-likeness (QED) is 0.118. The van der Waals surface area contributed by atoms with Crippen LogP contribution in [-0.4, -0.2) is 38.4 Å². The molecule has 0 radical (unpaired) electrons. The number of hydrogen-bond acceptors (Lipinski definition) is 13. The third kappa shape index (κ3) is 4.08. The normalized spacial score (nSPS) is 11.5. The highest BCUT2D eigenvalue weighted by Gasteiger charge is 2.28. The number of carbonyl (C=O) groups is 2. The van der Waals surface area contributed by atoms with E-state index in [0.717, 1.165) is 22.7 Å². The average molecular weight is 552 g/mol. The first-order valence-corrected chi connectivity index (χ1v) is 12.5. The zero-order valence-electron chi connectivity index (χ0n) is 19.4. The van der Waals surface area contributed by atoms with E-state index in [1.54, 1.807) is 19.1 Å². The van der Waals surface area contributed by atoms with Crippen molar-refractivity contribution in [1.82, 2.24) is 15.0 Å². The number of pyridine rings is 1. The number of hydrogen-bond donors (Lipinski definition) is 5. The highest BCUT2D eigenvalue weighted by Crippen LogP contribution is 2.48. The molecule has 0 spiro atoms. The Hall–Kier alpha value is -4.89. The van der Waals surface area contributed by atoms with Crippen molar-refractivity contribution in [3.63, 3.8) is 0 Å². The number of azo groups is 1. The summed E-state index contributed by atoms with van der Waals surface area (Å²) in [5, 5.41) is 18.8. The van der Waals surface area contributed by atoms with Crippen molar-refractivity contribution in [2.45, 2.75) is 6.92 Å². The molecule has 0 saturated carbocycles. The monoisotopic (exact) mass is 551 g/mol. The molecule has 5 rings (SSSR count). The molecule has 1 aromatic carbocycles. The standard InChI is InChI=1S/C23H17N7O6S2/c1-2-36-21(34)18-14(29-30-15-19(25)27-23(35)28-20(15)33)11-12(24)17(37-22(11)38-18)16(32)9-5-6-10(31)13-8(9)4-3-7-26-13/h3-7,31H,2,24H2,1H3,(H4,25,27,28,33,35). The summed E-state index contributed by atoms with van der Waals surface area (Å²) in [6, 6.07) is 6.15. The number of phenols is 1. The van der Waals surface area contributed by atoms with E-state index in [-0.39, 0.29) is 61.5 Å². The second-order valence-electron chi connectivity index (χ2n) is 7.74. The summed E-state index contributed by atoms with van der Waals surface area (Å²) < 4.78 is 5.62. The molecule has 13 nitrogen and oxygen atoms in total. The number of carbonyl (C=O) groups excluding carboxylic acids is 2. The Balaban J connectivity index is 1.68. The highest BCUT2D eigenvalue weighted by atomic mass is 32.2. The minimum absolute atomic E-state index is 0.0153. The van der Waals surface area contributed by atoms with Crippen molar-refractivity contribution in [3.05, 3.63) is 66.6 Å². The van der Waals surface area contributed by atoms with E-state index in [4.69, 9.17) is 16.2 Å². The van der Waals surface area contributed by atoms with Gasteiger partial charge in [0.05, 0.1) is 21.7 Å². The number of fused-ring (bicyclic) bond motifs is 2. The second kappa shape index (κ2) is 9.53. The smallest absolute Gasteiger partial charge is 0.350 e. The first kappa shape index (κ1) is 24.8. The van der Waals surface area contributed by atoms with Crippen molar-refractivity contribution in [1.29, 1.82) is 0 Å². The number of thiophene rings is 2. The summed E-state index contributed by atoms with van der Waals surface area (Å²) in [5.41, 5.74) is 10.6. The van der Waals surface area contributed by atoms with Crippen LogP contribution in [0.15, 0.2) is 50.3 Å². The highest BCUT2D eigenvalue weighted by molar-refractivity contribution is 7.40. The van der Waals surface area contributed by atoms with Crippen molar-refractivity contribution >= 4 is 77.6 Å². The van der Waals surface area contributed by atoms with E-state index in [2.05, 4.69) is 20.2 Å². The van der Waals surface area contributed by atoms with Crippen molar-refractivity contribution in [3.8, 4) is 5.75 Å². The number of aromatic nitrogens is 3. The molecule has 0 bridgehead atoms. The topological polar surface area (TPSA) is 219 Å². The van der Waals surface area contributed by atoms with Gasteiger partial charge in [-0.25, -0.2) is 9.59 Å². The lowest BCUT2D eigenvalue weighted by Gasteiger charge is -2.06. The number of aromatic amines is 2. The third-order valence-corrected chi connectivity index (χ3v) is 7.87. The van der Waals surface area contributed by atoms with Gasteiger partial charge in [-0.1, -0.05) is 6.07 Å². The number of esters is 1. The Bertz CT molecular complexity index is 1920. The van der Waals surface area contributed by atoms with Gasteiger partial charge in [-0.3, -0.25) is 24.5 Å². The fourth-order valence-corrected chi connectivity index (χ4v) is 6.20. The predicted octanol–water partition coefficient (Wildman–Crippen LogP) is 3.58. The summed E-state index contributed by atoms with van der Waals surface area (Å²) in [6.07, 6.45) is 1.50. The summed E-state index contributed by atoms with van der Waals surface area (Å²) in [6.45, 7) is 1.73. The summed E-state index contributed by atoms with van der Waals surface area (Å²) in [5.74, 6) is -1.51. The van der Waals surface area contributed by atoms with Gasteiger partial charge in [-0.15, -0.1) is 32.9 Å². The van der Waals surface area contributed by atoms with E-state index in [1.807, 2.05) is 4.98 Å². The molecule has 0 aliphatic carbocycles. The molecule has 192 valence electrons. The number of rotatable bonds is 6. The second-order valence-corrected chi connectivity index (χ2v) is 10.0. The number of anilines is 2. The van der Waals surface area contributed by atoms with Crippen LogP contribution in [0.2, 0.25) is 0 Å². The van der Waals surface area contributed by atoms with Crippen LogP contribution >= 0.6 is 22.7 Å². The Morgan fingerprint density at radius 1 is 1.08 bits per heavy atom. The first-order valence-electron chi connectivity index (χ1n) is 10.9. The van der Waals surface area contributed by atoms with Crippen LogP contribution in [0.3, 0.4) is 0 Å². The van der Waals surface area contributed by atoms with Crippen LogP contribution in [0, 0.1) is 0 Å². The van der Waals surface area contributed by atoms with Crippen molar-refractivity contribution in [2.24, 2.45) is 10.2 Å². The van der Waals surface area contributed by atoms with Crippen LogP contribution < -0.4 is 22.7 Å². The van der Waals surface area contributed by atoms with Gasteiger partial charge < -0.3 is 21.3 Å². The molecule has 0 fully saturated rings. The maximum absolute atomic E-state index is 13.6. The van der Waals surface area contributed by atoms with Gasteiger partial charge in [-0.2, -0.15) is 0 Å². The van der Waals surface area contributed by atoms with Crippen LogP contribution in [0.4, 0.5) is 22.9 Å². The van der Waals surface area contributed by atoms with Crippen LogP contribution in [-0.2, 0) is 4.74 Å². The summed E-state index contributed by atoms with van der Waals surface area (Å²) in [4.78, 5) is 58.4. The van der Waals surface area contributed by atoms with E-state index >= 15 is 0 Å². The van der Waals surface area contributed by atoms with Crippen LogP contribution in [0.1, 0.15) is 31.8 Å². The Morgan fingerprint density at radius 3 is 2.55 bits per heavy atom. The van der Waals surface area contributed by atoms with Gasteiger partial charge in [0.2, 0.25) is 5.78 Å². The summed E-state index contributed by atoms with van der Waals surface area (Å²) >= 11 is 2.05. The Kier molecular flexibility index (Phi) is 6.22.